The first-order valence-electron chi connectivity index (χ1n) is 6.93. The van der Waals surface area contributed by atoms with Gasteiger partial charge in [0.05, 0.1) is 6.61 Å². The van der Waals surface area contributed by atoms with Crippen LogP contribution in [0.3, 0.4) is 0 Å². The topological polar surface area (TPSA) is 71.0 Å². The van der Waals surface area contributed by atoms with Gasteiger partial charge in [0.2, 0.25) is 0 Å². The van der Waals surface area contributed by atoms with Crippen LogP contribution in [-0.4, -0.2) is 48.9 Å². The van der Waals surface area contributed by atoms with Gasteiger partial charge in [-0.15, -0.1) is 0 Å². The Bertz CT molecular complexity index is 353. The van der Waals surface area contributed by atoms with Crippen LogP contribution in [0, 0.1) is 0 Å². The molecule has 5 nitrogen and oxygen atoms in total. The molecule has 0 fully saturated rings. The summed E-state index contributed by atoms with van der Waals surface area (Å²) >= 11 is 0. The second-order valence-electron chi connectivity index (χ2n) is 4.96. The Kier molecular flexibility index (Phi) is 8.22. The Hall–Kier alpha value is -1.14. The third-order valence-corrected chi connectivity index (χ3v) is 2.75. The Balaban J connectivity index is 2.27. The van der Waals surface area contributed by atoms with Crippen LogP contribution in [-0.2, 0) is 11.2 Å². The van der Waals surface area contributed by atoms with E-state index >= 15 is 0 Å². The van der Waals surface area contributed by atoms with Crippen LogP contribution < -0.4 is 10.1 Å². The standard InChI is InChI=1S/C15H25NO4/c1-12(2)16-9-14(18)10-20-15-5-3-13(4-6-15)7-8-19-11-17/h3-6,12,14,16-18H,7-11H2,1-2H3. The van der Waals surface area contributed by atoms with Crippen molar-refractivity contribution >= 4 is 0 Å². The largest absolute Gasteiger partial charge is 0.491 e. The quantitative estimate of drug-likeness (QED) is 0.440. The summed E-state index contributed by atoms with van der Waals surface area (Å²) in [6.45, 7) is 5.11. The number of nitrogens with one attached hydrogen (secondary N) is 1. The maximum Gasteiger partial charge on any atom is 0.143 e. The van der Waals surface area contributed by atoms with Gasteiger partial charge in [-0.05, 0) is 24.1 Å². The summed E-state index contributed by atoms with van der Waals surface area (Å²) in [7, 11) is 0. The Morgan fingerprint density at radius 1 is 1.20 bits per heavy atom. The molecule has 1 aromatic carbocycles. The first kappa shape index (κ1) is 16.9. The summed E-state index contributed by atoms with van der Waals surface area (Å²) in [5.41, 5.74) is 1.12. The Labute approximate surface area is 120 Å². The fourth-order valence-corrected chi connectivity index (χ4v) is 1.63. The fourth-order valence-electron chi connectivity index (χ4n) is 1.63. The summed E-state index contributed by atoms with van der Waals surface area (Å²) in [6, 6.07) is 8.00. The molecule has 0 spiro atoms. The van der Waals surface area contributed by atoms with Gasteiger partial charge in [0.25, 0.3) is 0 Å². The Morgan fingerprint density at radius 2 is 1.90 bits per heavy atom. The third kappa shape index (κ3) is 7.45. The summed E-state index contributed by atoms with van der Waals surface area (Å²) in [6.07, 6.45) is 0.233. The lowest BCUT2D eigenvalue weighted by Crippen LogP contribution is -2.35. The highest BCUT2D eigenvalue weighted by Gasteiger charge is 2.06. The molecule has 1 unspecified atom stereocenters. The fraction of sp³-hybridized carbons (Fsp3) is 0.600. The van der Waals surface area contributed by atoms with E-state index < -0.39 is 6.10 Å². The van der Waals surface area contributed by atoms with Crippen molar-refractivity contribution in [3.63, 3.8) is 0 Å². The van der Waals surface area contributed by atoms with Crippen LogP contribution in [0.25, 0.3) is 0 Å². The molecule has 0 bridgehead atoms. The van der Waals surface area contributed by atoms with Crippen LogP contribution in [0.15, 0.2) is 24.3 Å². The van der Waals surface area contributed by atoms with Gasteiger partial charge in [0, 0.05) is 12.6 Å². The van der Waals surface area contributed by atoms with Crippen molar-refractivity contribution in [3.05, 3.63) is 29.8 Å². The molecule has 0 aliphatic carbocycles. The number of aliphatic hydroxyl groups is 2. The molecule has 1 aromatic rings. The molecular formula is C15H25NO4. The van der Waals surface area contributed by atoms with Crippen LogP contribution in [0.4, 0.5) is 0 Å². The highest BCUT2D eigenvalue weighted by Crippen LogP contribution is 2.13. The molecule has 0 aliphatic heterocycles. The van der Waals surface area contributed by atoms with E-state index in [0.717, 1.165) is 17.7 Å². The zero-order valence-corrected chi connectivity index (χ0v) is 12.2. The first-order chi connectivity index (χ1) is 9.61. The molecule has 1 atom stereocenters. The van der Waals surface area contributed by atoms with Gasteiger partial charge >= 0.3 is 0 Å². The zero-order valence-electron chi connectivity index (χ0n) is 12.2. The van der Waals surface area contributed by atoms with Crippen LogP contribution >= 0.6 is 0 Å². The third-order valence-electron chi connectivity index (χ3n) is 2.75. The highest BCUT2D eigenvalue weighted by atomic mass is 16.6. The minimum absolute atomic E-state index is 0.247. The summed E-state index contributed by atoms with van der Waals surface area (Å²) in [4.78, 5) is 0. The maximum absolute atomic E-state index is 9.73. The van der Waals surface area contributed by atoms with E-state index in [0.29, 0.717) is 19.2 Å². The second kappa shape index (κ2) is 9.72. The molecule has 0 saturated carbocycles. The Morgan fingerprint density at radius 3 is 2.50 bits per heavy atom. The van der Waals surface area contributed by atoms with E-state index in [1.807, 2.05) is 38.1 Å². The van der Waals surface area contributed by atoms with E-state index in [4.69, 9.17) is 14.6 Å². The smallest absolute Gasteiger partial charge is 0.143 e. The van der Waals surface area contributed by atoms with Crippen molar-refractivity contribution in [2.45, 2.75) is 32.4 Å². The average Bonchev–Trinajstić information content (AvgIpc) is 2.44. The molecule has 114 valence electrons. The molecule has 0 radical (unpaired) electrons. The summed E-state index contributed by atoms with van der Waals surface area (Å²) in [5.74, 6) is 0.737. The molecular weight excluding hydrogens is 258 g/mol. The van der Waals surface area contributed by atoms with Crippen LogP contribution in [0.5, 0.6) is 5.75 Å². The number of hydrogen-bond donors (Lipinski definition) is 3. The first-order valence-corrected chi connectivity index (χ1v) is 6.93. The number of benzene rings is 1. The van der Waals surface area contributed by atoms with Crippen molar-refractivity contribution < 1.29 is 19.7 Å². The number of aliphatic hydroxyl groups excluding tert-OH is 2. The molecule has 0 saturated heterocycles. The van der Waals surface area contributed by atoms with E-state index in [-0.39, 0.29) is 13.4 Å². The van der Waals surface area contributed by atoms with Crippen LogP contribution in [0.1, 0.15) is 19.4 Å². The molecule has 0 aromatic heterocycles. The number of ether oxygens (including phenoxy) is 2. The van der Waals surface area contributed by atoms with Crippen molar-refractivity contribution in [3.8, 4) is 5.75 Å². The molecule has 20 heavy (non-hydrogen) atoms. The van der Waals surface area contributed by atoms with Gasteiger partial charge in [-0.3, -0.25) is 0 Å². The van der Waals surface area contributed by atoms with Gasteiger partial charge in [0.1, 0.15) is 25.3 Å². The minimum atomic E-state index is -0.518. The zero-order chi connectivity index (χ0) is 14.8. The van der Waals surface area contributed by atoms with Crippen LogP contribution in [0.2, 0.25) is 0 Å². The van der Waals surface area contributed by atoms with Gasteiger partial charge in [-0.2, -0.15) is 0 Å². The summed E-state index contributed by atoms with van der Waals surface area (Å²) in [5, 5.41) is 21.4. The van der Waals surface area contributed by atoms with E-state index in [2.05, 4.69) is 5.32 Å². The maximum atomic E-state index is 9.73. The van der Waals surface area contributed by atoms with Crippen molar-refractivity contribution in [1.29, 1.82) is 0 Å². The summed E-state index contributed by atoms with van der Waals surface area (Å²) < 4.78 is 10.4. The van der Waals surface area contributed by atoms with Gasteiger partial charge in [-0.1, -0.05) is 26.0 Å². The SMILES string of the molecule is CC(C)NCC(O)COc1ccc(CCOCO)cc1. The normalized spacial score (nSPS) is 12.7. The van der Waals surface area contributed by atoms with E-state index in [9.17, 15) is 5.11 Å². The lowest BCUT2D eigenvalue weighted by atomic mass is 10.1. The van der Waals surface area contributed by atoms with Crippen molar-refractivity contribution in [2.24, 2.45) is 0 Å². The molecule has 1 rings (SSSR count). The number of hydrogen-bond acceptors (Lipinski definition) is 5. The van der Waals surface area contributed by atoms with E-state index in [1.54, 1.807) is 0 Å². The van der Waals surface area contributed by atoms with Gasteiger partial charge in [0.15, 0.2) is 0 Å². The van der Waals surface area contributed by atoms with Gasteiger partial charge in [-0.25, -0.2) is 0 Å². The molecule has 0 heterocycles. The van der Waals surface area contributed by atoms with Crippen molar-refractivity contribution in [1.82, 2.24) is 5.32 Å². The monoisotopic (exact) mass is 283 g/mol. The van der Waals surface area contributed by atoms with Gasteiger partial charge < -0.3 is 25.0 Å². The lowest BCUT2D eigenvalue weighted by molar-refractivity contribution is 0.000265. The van der Waals surface area contributed by atoms with Crippen molar-refractivity contribution in [2.75, 3.05) is 26.6 Å². The molecule has 3 N–H and O–H groups in total. The molecule has 0 amide bonds. The van der Waals surface area contributed by atoms with E-state index in [1.165, 1.54) is 0 Å². The second-order valence-corrected chi connectivity index (χ2v) is 4.96. The molecule has 5 heteroatoms. The lowest BCUT2D eigenvalue weighted by Gasteiger charge is -2.15. The predicted octanol–water partition coefficient (Wildman–Crippen LogP) is 0.933. The molecule has 0 aliphatic rings. The minimum Gasteiger partial charge on any atom is -0.491 e. The average molecular weight is 283 g/mol. The predicted molar refractivity (Wildman–Crippen MR) is 77.8 cm³/mol. The highest BCUT2D eigenvalue weighted by molar-refractivity contribution is 5.27. The number of rotatable bonds is 10.